The van der Waals surface area contributed by atoms with Gasteiger partial charge in [0.05, 0.1) is 5.01 Å². The molecule has 1 amide bonds. The Morgan fingerprint density at radius 3 is 2.59 bits per heavy atom. The molecule has 0 atom stereocenters. The van der Waals surface area contributed by atoms with E-state index >= 15 is 0 Å². The maximum Gasteiger partial charge on any atom is 0.275 e. The molecule has 5 nitrogen and oxygen atoms in total. The fourth-order valence-electron chi connectivity index (χ4n) is 4.56. The molecule has 0 radical (unpaired) electrons. The number of unbranched alkanes of at least 4 members (excludes halogenated alkanes) is 2. The predicted octanol–water partition coefficient (Wildman–Crippen LogP) is 5.97. The number of piperidine rings is 1. The van der Waals surface area contributed by atoms with E-state index in [1.54, 1.807) is 11.3 Å². The predicted molar refractivity (Wildman–Crippen MR) is 141 cm³/mol. The molecule has 1 saturated heterocycles. The van der Waals surface area contributed by atoms with Crippen LogP contribution in [0.15, 0.2) is 53.9 Å². The molecule has 6 heteroatoms. The topological polar surface area (TPSA) is 65.5 Å². The largest absolute Gasteiger partial charge is 0.396 e. The van der Waals surface area contributed by atoms with Crippen LogP contribution in [0.3, 0.4) is 0 Å². The fraction of sp³-hybridized carbons (Fsp3) is 0.429. The first kappa shape index (κ1) is 24.6. The zero-order valence-corrected chi connectivity index (χ0v) is 20.8. The van der Waals surface area contributed by atoms with Crippen molar-refractivity contribution in [2.45, 2.75) is 51.4 Å². The average molecular weight is 478 g/mol. The number of likely N-dealkylation sites (tertiary alicyclic amines) is 1. The SMILES string of the molecule is CCc1ccc(-c2ccccc2NC(=O)c2csc(C3CCN(CCCCCO)CC3)n2)cc1. The van der Waals surface area contributed by atoms with Gasteiger partial charge in [-0.05, 0) is 75.4 Å². The Kier molecular flexibility index (Phi) is 8.85. The summed E-state index contributed by atoms with van der Waals surface area (Å²) in [5, 5.41) is 15.0. The minimum Gasteiger partial charge on any atom is -0.396 e. The number of hydrogen-bond acceptors (Lipinski definition) is 5. The summed E-state index contributed by atoms with van der Waals surface area (Å²) in [6.07, 6.45) is 6.33. The Morgan fingerprint density at radius 2 is 1.85 bits per heavy atom. The molecule has 2 heterocycles. The zero-order chi connectivity index (χ0) is 23.8. The lowest BCUT2D eigenvalue weighted by atomic mass is 9.97. The van der Waals surface area contributed by atoms with Crippen LogP contribution in [0, 0.1) is 0 Å². The van der Waals surface area contributed by atoms with Gasteiger partial charge in [-0.2, -0.15) is 0 Å². The highest BCUT2D eigenvalue weighted by Crippen LogP contribution is 2.32. The number of carbonyl (C=O) groups excluding carboxylic acids is 1. The molecule has 1 aromatic heterocycles. The number of nitrogens with one attached hydrogen (secondary N) is 1. The number of benzene rings is 2. The molecule has 0 saturated carbocycles. The van der Waals surface area contributed by atoms with Crippen molar-refractivity contribution in [3.05, 3.63) is 70.2 Å². The van der Waals surface area contributed by atoms with E-state index in [-0.39, 0.29) is 5.91 Å². The summed E-state index contributed by atoms with van der Waals surface area (Å²) >= 11 is 1.61. The number of aliphatic hydroxyl groups excluding tert-OH is 1. The molecular weight excluding hydrogens is 442 g/mol. The van der Waals surface area contributed by atoms with Crippen LogP contribution in [-0.2, 0) is 6.42 Å². The number of hydrogen-bond donors (Lipinski definition) is 2. The third kappa shape index (κ3) is 6.32. The van der Waals surface area contributed by atoms with Crippen molar-refractivity contribution in [3.8, 4) is 11.1 Å². The molecule has 0 aliphatic carbocycles. The van der Waals surface area contributed by atoms with Gasteiger partial charge in [0.2, 0.25) is 0 Å². The van der Waals surface area contributed by atoms with E-state index in [0.717, 1.165) is 80.0 Å². The fourth-order valence-corrected chi connectivity index (χ4v) is 5.53. The van der Waals surface area contributed by atoms with Crippen LogP contribution >= 0.6 is 11.3 Å². The van der Waals surface area contributed by atoms with Gasteiger partial charge in [-0.3, -0.25) is 4.79 Å². The molecule has 0 unspecified atom stereocenters. The van der Waals surface area contributed by atoms with E-state index < -0.39 is 0 Å². The highest BCUT2D eigenvalue weighted by Gasteiger charge is 2.24. The molecule has 4 rings (SSSR count). The van der Waals surface area contributed by atoms with Gasteiger partial charge in [0.25, 0.3) is 5.91 Å². The van der Waals surface area contributed by atoms with Gasteiger partial charge < -0.3 is 15.3 Å². The molecule has 0 bridgehead atoms. The molecule has 0 spiro atoms. The first-order chi connectivity index (χ1) is 16.7. The van der Waals surface area contributed by atoms with Crippen molar-refractivity contribution in [1.29, 1.82) is 0 Å². The third-order valence-electron chi connectivity index (χ3n) is 6.67. The van der Waals surface area contributed by atoms with Crippen molar-refractivity contribution >= 4 is 22.9 Å². The number of para-hydroxylation sites is 1. The maximum atomic E-state index is 13.0. The van der Waals surface area contributed by atoms with Crippen molar-refractivity contribution in [2.75, 3.05) is 31.6 Å². The number of rotatable bonds is 10. The molecule has 1 aliphatic rings. The lowest BCUT2D eigenvalue weighted by Gasteiger charge is -2.31. The molecule has 1 fully saturated rings. The highest BCUT2D eigenvalue weighted by molar-refractivity contribution is 7.10. The number of aromatic nitrogens is 1. The highest BCUT2D eigenvalue weighted by atomic mass is 32.1. The number of amides is 1. The second kappa shape index (κ2) is 12.2. The number of anilines is 1. The molecular formula is C28H35N3O2S. The Balaban J connectivity index is 1.36. The van der Waals surface area contributed by atoms with Crippen molar-refractivity contribution < 1.29 is 9.90 Å². The summed E-state index contributed by atoms with van der Waals surface area (Å²) in [6.45, 7) is 5.71. The van der Waals surface area contributed by atoms with E-state index in [2.05, 4.69) is 41.4 Å². The van der Waals surface area contributed by atoms with E-state index in [4.69, 9.17) is 10.1 Å². The van der Waals surface area contributed by atoms with E-state index in [9.17, 15) is 4.79 Å². The number of aliphatic hydroxyl groups is 1. The lowest BCUT2D eigenvalue weighted by Crippen LogP contribution is -2.33. The molecule has 2 N–H and O–H groups in total. The smallest absolute Gasteiger partial charge is 0.275 e. The lowest BCUT2D eigenvalue weighted by molar-refractivity contribution is 0.102. The van der Waals surface area contributed by atoms with E-state index in [0.29, 0.717) is 18.2 Å². The quantitative estimate of drug-likeness (QED) is 0.353. The van der Waals surface area contributed by atoms with Crippen LogP contribution in [0.4, 0.5) is 5.69 Å². The van der Waals surface area contributed by atoms with Gasteiger partial charge >= 0.3 is 0 Å². The Labute approximate surface area is 206 Å². The minimum absolute atomic E-state index is 0.151. The summed E-state index contributed by atoms with van der Waals surface area (Å²) < 4.78 is 0. The Bertz CT molecular complexity index is 1060. The molecule has 34 heavy (non-hydrogen) atoms. The molecule has 180 valence electrons. The minimum atomic E-state index is -0.151. The van der Waals surface area contributed by atoms with Gasteiger partial charge in [-0.15, -0.1) is 11.3 Å². The van der Waals surface area contributed by atoms with Gasteiger partial charge in [-0.25, -0.2) is 4.98 Å². The Hall–Kier alpha value is -2.54. The number of thiazole rings is 1. The van der Waals surface area contributed by atoms with Crippen LogP contribution < -0.4 is 5.32 Å². The van der Waals surface area contributed by atoms with Crippen molar-refractivity contribution in [1.82, 2.24) is 9.88 Å². The third-order valence-corrected chi connectivity index (χ3v) is 7.68. The maximum absolute atomic E-state index is 13.0. The van der Waals surface area contributed by atoms with Crippen LogP contribution in [0.5, 0.6) is 0 Å². The monoisotopic (exact) mass is 477 g/mol. The van der Waals surface area contributed by atoms with Crippen LogP contribution in [0.25, 0.3) is 11.1 Å². The van der Waals surface area contributed by atoms with Crippen molar-refractivity contribution in [3.63, 3.8) is 0 Å². The summed E-state index contributed by atoms with van der Waals surface area (Å²) in [5.74, 6) is 0.283. The Morgan fingerprint density at radius 1 is 1.09 bits per heavy atom. The van der Waals surface area contributed by atoms with Crippen molar-refractivity contribution in [2.24, 2.45) is 0 Å². The summed E-state index contributed by atoms with van der Waals surface area (Å²) in [4.78, 5) is 20.3. The first-order valence-corrected chi connectivity index (χ1v) is 13.3. The number of nitrogens with zero attached hydrogens (tertiary/aromatic N) is 2. The first-order valence-electron chi connectivity index (χ1n) is 12.5. The standard InChI is InChI=1S/C28H35N3O2S/c1-2-21-10-12-22(13-11-21)24-8-4-5-9-25(24)29-27(33)26-20-34-28(30-26)23-14-17-31(18-15-23)16-6-3-7-19-32/h4-5,8-13,20,23,32H,2-3,6-7,14-19H2,1H3,(H,29,33). The van der Waals surface area contributed by atoms with Crippen LogP contribution in [0.2, 0.25) is 0 Å². The molecule has 1 aliphatic heterocycles. The number of carbonyl (C=O) groups is 1. The summed E-state index contributed by atoms with van der Waals surface area (Å²) in [5.41, 5.74) is 4.71. The van der Waals surface area contributed by atoms with Gasteiger partial charge in [0.1, 0.15) is 5.69 Å². The summed E-state index contributed by atoms with van der Waals surface area (Å²) in [6, 6.07) is 16.4. The second-order valence-corrected chi connectivity index (χ2v) is 9.91. The second-order valence-electron chi connectivity index (χ2n) is 9.02. The average Bonchev–Trinajstić information content (AvgIpc) is 3.38. The number of aryl methyl sites for hydroxylation is 1. The zero-order valence-electron chi connectivity index (χ0n) is 20.0. The van der Waals surface area contributed by atoms with Crippen LogP contribution in [-0.4, -0.2) is 47.1 Å². The van der Waals surface area contributed by atoms with E-state index in [1.165, 1.54) is 5.56 Å². The van der Waals surface area contributed by atoms with E-state index in [1.807, 2.05) is 29.6 Å². The summed E-state index contributed by atoms with van der Waals surface area (Å²) in [7, 11) is 0. The van der Waals surface area contributed by atoms with Gasteiger partial charge in [0, 0.05) is 29.2 Å². The normalized spacial score (nSPS) is 14.9. The van der Waals surface area contributed by atoms with Crippen LogP contribution in [0.1, 0.15) is 66.0 Å². The van der Waals surface area contributed by atoms with Gasteiger partial charge in [0.15, 0.2) is 0 Å². The van der Waals surface area contributed by atoms with Gasteiger partial charge in [-0.1, -0.05) is 49.4 Å². The molecule has 2 aromatic carbocycles. The molecule has 3 aromatic rings.